The highest BCUT2D eigenvalue weighted by Crippen LogP contribution is 2.18. The zero-order valence-corrected chi connectivity index (χ0v) is 14.7. The highest BCUT2D eigenvalue weighted by molar-refractivity contribution is 7.09. The summed E-state index contributed by atoms with van der Waals surface area (Å²) in [6, 6.07) is 4.10. The molecule has 1 amide bonds. The smallest absolute Gasteiger partial charge is 0.228 e. The number of likely N-dealkylation sites (tertiary alicyclic amines) is 1. The SMILES string of the molecule is Cc1nc(CC(=O)N2CCC[C@@H](Nc3ccc(N)nc3)CC2)cs1. The number of carbonyl (C=O) groups is 1. The Morgan fingerprint density at radius 1 is 1.42 bits per heavy atom. The topological polar surface area (TPSA) is 84.1 Å². The van der Waals surface area contributed by atoms with E-state index in [1.807, 2.05) is 23.3 Å². The lowest BCUT2D eigenvalue weighted by Crippen LogP contribution is -2.33. The van der Waals surface area contributed by atoms with Crippen LogP contribution in [0.2, 0.25) is 0 Å². The maximum absolute atomic E-state index is 12.5. The fraction of sp³-hybridized carbons (Fsp3) is 0.471. The van der Waals surface area contributed by atoms with E-state index >= 15 is 0 Å². The van der Waals surface area contributed by atoms with Gasteiger partial charge in [0, 0.05) is 24.5 Å². The number of aromatic nitrogens is 2. The molecule has 0 aliphatic carbocycles. The van der Waals surface area contributed by atoms with Crippen molar-refractivity contribution in [3.63, 3.8) is 0 Å². The van der Waals surface area contributed by atoms with Gasteiger partial charge in [-0.05, 0) is 38.3 Å². The number of nitrogens with zero attached hydrogens (tertiary/aromatic N) is 3. The number of carbonyl (C=O) groups excluding carboxylic acids is 1. The lowest BCUT2D eigenvalue weighted by atomic mass is 10.1. The van der Waals surface area contributed by atoms with E-state index in [-0.39, 0.29) is 5.91 Å². The summed E-state index contributed by atoms with van der Waals surface area (Å²) in [5, 5.41) is 6.48. The van der Waals surface area contributed by atoms with E-state index in [0.29, 0.717) is 18.3 Å². The van der Waals surface area contributed by atoms with Gasteiger partial charge in [0.05, 0.1) is 29.0 Å². The zero-order valence-electron chi connectivity index (χ0n) is 13.9. The quantitative estimate of drug-likeness (QED) is 0.889. The molecule has 0 radical (unpaired) electrons. The molecule has 1 aliphatic rings. The van der Waals surface area contributed by atoms with Crippen LogP contribution < -0.4 is 11.1 Å². The van der Waals surface area contributed by atoms with Crippen molar-refractivity contribution in [2.24, 2.45) is 0 Å². The molecule has 0 saturated carbocycles. The van der Waals surface area contributed by atoms with E-state index < -0.39 is 0 Å². The minimum absolute atomic E-state index is 0.176. The Hall–Kier alpha value is -2.15. The standard InChI is InChI=1S/C17H23N5OS/c1-12-20-15(11-24-12)9-17(23)22-7-2-3-13(6-8-22)21-14-4-5-16(18)19-10-14/h4-5,10-11,13,21H,2-3,6-9H2,1H3,(H2,18,19)/t13-/m1/s1. The van der Waals surface area contributed by atoms with Crippen molar-refractivity contribution in [3.8, 4) is 0 Å². The van der Waals surface area contributed by atoms with Gasteiger partial charge in [-0.1, -0.05) is 0 Å². The summed E-state index contributed by atoms with van der Waals surface area (Å²) in [5.74, 6) is 0.700. The largest absolute Gasteiger partial charge is 0.384 e. The predicted octanol–water partition coefficient (Wildman–Crippen LogP) is 2.46. The average molecular weight is 345 g/mol. The van der Waals surface area contributed by atoms with Crippen molar-refractivity contribution in [1.82, 2.24) is 14.9 Å². The number of rotatable bonds is 4. The summed E-state index contributed by atoms with van der Waals surface area (Å²) in [6.45, 7) is 3.56. The summed E-state index contributed by atoms with van der Waals surface area (Å²) in [6.07, 6.45) is 5.15. The molecule has 0 bridgehead atoms. The fourth-order valence-corrected chi connectivity index (χ4v) is 3.59. The van der Waals surface area contributed by atoms with E-state index in [2.05, 4.69) is 15.3 Å². The van der Waals surface area contributed by atoms with E-state index in [1.165, 1.54) is 0 Å². The second-order valence-electron chi connectivity index (χ2n) is 6.16. The van der Waals surface area contributed by atoms with Crippen LogP contribution in [-0.2, 0) is 11.2 Å². The van der Waals surface area contributed by atoms with Gasteiger partial charge in [-0.25, -0.2) is 9.97 Å². The summed E-state index contributed by atoms with van der Waals surface area (Å²) >= 11 is 1.59. The number of nitrogen functional groups attached to an aromatic ring is 1. The Labute approximate surface area is 146 Å². The van der Waals surface area contributed by atoms with E-state index in [4.69, 9.17) is 5.73 Å². The van der Waals surface area contributed by atoms with Gasteiger partial charge in [0.25, 0.3) is 0 Å². The van der Waals surface area contributed by atoms with Crippen molar-refractivity contribution in [1.29, 1.82) is 0 Å². The lowest BCUT2D eigenvalue weighted by molar-refractivity contribution is -0.130. The van der Waals surface area contributed by atoms with Gasteiger partial charge in [-0.3, -0.25) is 4.79 Å². The minimum atomic E-state index is 0.176. The molecule has 6 nitrogen and oxygen atoms in total. The molecule has 7 heteroatoms. The Morgan fingerprint density at radius 2 is 2.29 bits per heavy atom. The number of hydrogen-bond donors (Lipinski definition) is 2. The van der Waals surface area contributed by atoms with Crippen LogP contribution >= 0.6 is 11.3 Å². The molecule has 1 aliphatic heterocycles. The van der Waals surface area contributed by atoms with Crippen molar-refractivity contribution in [2.45, 2.75) is 38.6 Å². The average Bonchev–Trinajstić information content (AvgIpc) is 2.83. The van der Waals surface area contributed by atoms with Crippen LogP contribution in [0.5, 0.6) is 0 Å². The number of nitrogens with two attached hydrogens (primary N) is 1. The van der Waals surface area contributed by atoms with Crippen LogP contribution in [0, 0.1) is 6.92 Å². The fourth-order valence-electron chi connectivity index (χ4n) is 2.97. The van der Waals surface area contributed by atoms with Crippen LogP contribution in [0.25, 0.3) is 0 Å². The molecule has 2 aromatic rings. The van der Waals surface area contributed by atoms with Gasteiger partial charge < -0.3 is 16.0 Å². The third-order valence-corrected chi connectivity index (χ3v) is 5.06. The van der Waals surface area contributed by atoms with Gasteiger partial charge in [0.1, 0.15) is 5.82 Å². The van der Waals surface area contributed by atoms with Crippen LogP contribution in [0.1, 0.15) is 30.0 Å². The number of hydrogen-bond acceptors (Lipinski definition) is 6. The number of aryl methyl sites for hydroxylation is 1. The summed E-state index contributed by atoms with van der Waals surface area (Å²) in [7, 11) is 0. The maximum atomic E-state index is 12.5. The molecule has 1 atom stereocenters. The van der Waals surface area contributed by atoms with Gasteiger partial charge in [0.15, 0.2) is 0 Å². The molecule has 0 spiro atoms. The zero-order chi connectivity index (χ0) is 16.9. The Morgan fingerprint density at radius 3 is 3.00 bits per heavy atom. The molecule has 3 rings (SSSR count). The monoisotopic (exact) mass is 345 g/mol. The molecule has 0 aromatic carbocycles. The van der Waals surface area contributed by atoms with Crippen molar-refractivity contribution < 1.29 is 4.79 Å². The second-order valence-corrected chi connectivity index (χ2v) is 7.22. The highest BCUT2D eigenvalue weighted by atomic mass is 32.1. The Balaban J connectivity index is 1.52. The molecular weight excluding hydrogens is 322 g/mol. The number of amides is 1. The van der Waals surface area contributed by atoms with E-state index in [9.17, 15) is 4.79 Å². The second kappa shape index (κ2) is 7.61. The first-order valence-corrected chi connectivity index (χ1v) is 9.15. The first-order chi connectivity index (χ1) is 11.6. The third kappa shape index (κ3) is 4.44. The van der Waals surface area contributed by atoms with Crippen LogP contribution in [-0.4, -0.2) is 39.9 Å². The van der Waals surface area contributed by atoms with Gasteiger partial charge in [0.2, 0.25) is 5.91 Å². The predicted molar refractivity (Wildman–Crippen MR) is 97.0 cm³/mol. The maximum Gasteiger partial charge on any atom is 0.228 e. The minimum Gasteiger partial charge on any atom is -0.384 e. The molecule has 3 heterocycles. The molecule has 1 saturated heterocycles. The third-order valence-electron chi connectivity index (χ3n) is 4.24. The molecule has 0 unspecified atom stereocenters. The van der Waals surface area contributed by atoms with Crippen LogP contribution in [0.4, 0.5) is 11.5 Å². The number of thiazole rings is 1. The summed E-state index contributed by atoms with van der Waals surface area (Å²) in [5.41, 5.74) is 7.48. The molecule has 1 fully saturated rings. The van der Waals surface area contributed by atoms with Crippen molar-refractivity contribution >= 4 is 28.7 Å². The molecular formula is C17H23N5OS. The van der Waals surface area contributed by atoms with Gasteiger partial charge in [-0.2, -0.15) is 0 Å². The number of anilines is 2. The summed E-state index contributed by atoms with van der Waals surface area (Å²) < 4.78 is 0. The first kappa shape index (κ1) is 16.7. The van der Waals surface area contributed by atoms with Crippen LogP contribution in [0.3, 0.4) is 0 Å². The molecule has 3 N–H and O–H groups in total. The Bertz CT molecular complexity index is 685. The molecule has 128 valence electrons. The Kier molecular flexibility index (Phi) is 5.30. The normalized spacial score (nSPS) is 18.2. The summed E-state index contributed by atoms with van der Waals surface area (Å²) in [4.78, 5) is 22.9. The lowest BCUT2D eigenvalue weighted by Gasteiger charge is -2.21. The van der Waals surface area contributed by atoms with Crippen molar-refractivity contribution in [2.75, 3.05) is 24.1 Å². The number of pyridine rings is 1. The van der Waals surface area contributed by atoms with Gasteiger partial charge >= 0.3 is 0 Å². The molecule has 24 heavy (non-hydrogen) atoms. The van der Waals surface area contributed by atoms with Crippen LogP contribution in [0.15, 0.2) is 23.7 Å². The number of nitrogens with one attached hydrogen (secondary N) is 1. The first-order valence-electron chi connectivity index (χ1n) is 8.27. The molecule has 2 aromatic heterocycles. The highest BCUT2D eigenvalue weighted by Gasteiger charge is 2.21. The van der Waals surface area contributed by atoms with E-state index in [0.717, 1.165) is 48.7 Å². The van der Waals surface area contributed by atoms with Gasteiger partial charge in [-0.15, -0.1) is 11.3 Å². The van der Waals surface area contributed by atoms with Crippen molar-refractivity contribution in [3.05, 3.63) is 34.4 Å². The van der Waals surface area contributed by atoms with E-state index in [1.54, 1.807) is 23.6 Å².